The van der Waals surface area contributed by atoms with Crippen molar-refractivity contribution in [3.8, 4) is 5.69 Å². The van der Waals surface area contributed by atoms with Crippen LogP contribution in [0.4, 0.5) is 0 Å². The van der Waals surface area contributed by atoms with Crippen LogP contribution in [0.1, 0.15) is 11.3 Å². The molecule has 2 heterocycles. The number of sulfone groups is 1. The van der Waals surface area contributed by atoms with Crippen LogP contribution < -0.4 is 5.43 Å². The Labute approximate surface area is 162 Å². The molecule has 0 aliphatic rings. The lowest BCUT2D eigenvalue weighted by atomic mass is 10.2. The molecule has 0 bridgehead atoms. The van der Waals surface area contributed by atoms with Gasteiger partial charge in [0.1, 0.15) is 10.7 Å². The second-order valence-electron chi connectivity index (χ2n) is 6.59. The average Bonchev–Trinajstić information content (AvgIpc) is 2.68. The van der Waals surface area contributed by atoms with Gasteiger partial charge in [-0.15, -0.1) is 0 Å². The Hall–Kier alpha value is -3.25. The molecule has 0 aliphatic carbocycles. The molecule has 0 spiro atoms. The van der Waals surface area contributed by atoms with Gasteiger partial charge in [0, 0.05) is 17.4 Å². The van der Waals surface area contributed by atoms with Gasteiger partial charge in [-0.2, -0.15) is 0 Å². The molecule has 4 rings (SSSR count). The largest absolute Gasteiger partial charge is 0.289 e. The van der Waals surface area contributed by atoms with E-state index in [1.165, 1.54) is 6.07 Å². The first-order valence-corrected chi connectivity index (χ1v) is 10.5. The second kappa shape index (κ2) is 7.05. The summed E-state index contributed by atoms with van der Waals surface area (Å²) in [7, 11) is -3.80. The number of benzene rings is 2. The SMILES string of the molecule is Cc1ccc2c(=O)cc(S(=O)(=O)Cc3ccccc3)n(-c3ccccc3)c2n1. The molecule has 0 saturated heterocycles. The summed E-state index contributed by atoms with van der Waals surface area (Å²) < 4.78 is 28.1. The number of rotatable bonds is 4. The minimum Gasteiger partial charge on any atom is -0.289 e. The number of fused-ring (bicyclic) bond motifs is 1. The Morgan fingerprint density at radius 2 is 1.54 bits per heavy atom. The maximum absolute atomic E-state index is 13.3. The van der Waals surface area contributed by atoms with Gasteiger partial charge in [-0.25, -0.2) is 13.4 Å². The first kappa shape index (κ1) is 18.1. The highest BCUT2D eigenvalue weighted by atomic mass is 32.2. The highest BCUT2D eigenvalue weighted by molar-refractivity contribution is 7.90. The summed E-state index contributed by atoms with van der Waals surface area (Å²) in [6, 6.07) is 22.7. The molecule has 0 radical (unpaired) electrons. The third kappa shape index (κ3) is 3.34. The van der Waals surface area contributed by atoms with E-state index in [4.69, 9.17) is 0 Å². The summed E-state index contributed by atoms with van der Waals surface area (Å²) in [5, 5.41) is 0.325. The number of nitrogens with zero attached hydrogens (tertiary/aromatic N) is 2. The Morgan fingerprint density at radius 3 is 2.21 bits per heavy atom. The van der Waals surface area contributed by atoms with E-state index < -0.39 is 9.84 Å². The van der Waals surface area contributed by atoms with Gasteiger partial charge in [-0.3, -0.25) is 9.36 Å². The fourth-order valence-corrected chi connectivity index (χ4v) is 4.72. The number of pyridine rings is 2. The number of aryl methyl sites for hydroxylation is 1. The monoisotopic (exact) mass is 390 g/mol. The summed E-state index contributed by atoms with van der Waals surface area (Å²) in [6.45, 7) is 1.81. The van der Waals surface area contributed by atoms with Gasteiger partial charge in [0.15, 0.2) is 15.3 Å². The van der Waals surface area contributed by atoms with E-state index in [0.29, 0.717) is 28.0 Å². The standard InChI is InChI=1S/C22H18N2O3S/c1-16-12-13-19-20(25)14-21(28(26,27)15-17-8-4-2-5-9-17)24(22(19)23-16)18-10-6-3-7-11-18/h2-14H,15H2,1H3. The van der Waals surface area contributed by atoms with Gasteiger partial charge in [-0.05, 0) is 36.8 Å². The maximum atomic E-state index is 13.3. The third-order valence-electron chi connectivity index (χ3n) is 4.50. The van der Waals surface area contributed by atoms with Gasteiger partial charge in [0.05, 0.1) is 11.1 Å². The molecule has 140 valence electrons. The van der Waals surface area contributed by atoms with Crippen LogP contribution >= 0.6 is 0 Å². The minimum absolute atomic E-state index is 0.0573. The van der Waals surface area contributed by atoms with E-state index in [1.54, 1.807) is 53.1 Å². The molecular formula is C22H18N2O3S. The van der Waals surface area contributed by atoms with E-state index >= 15 is 0 Å². The van der Waals surface area contributed by atoms with Crippen LogP contribution in [0.15, 0.2) is 88.7 Å². The van der Waals surface area contributed by atoms with Crippen LogP contribution in [-0.4, -0.2) is 18.0 Å². The molecule has 0 unspecified atom stereocenters. The summed E-state index contributed by atoms with van der Waals surface area (Å²) in [5.41, 5.74) is 1.98. The second-order valence-corrected chi connectivity index (χ2v) is 8.52. The Bertz CT molecular complexity index is 1310. The quantitative estimate of drug-likeness (QED) is 0.533. The molecular weight excluding hydrogens is 372 g/mol. The van der Waals surface area contributed by atoms with Crippen LogP contribution in [0.3, 0.4) is 0 Å². The third-order valence-corrected chi connectivity index (χ3v) is 6.15. The van der Waals surface area contributed by atoms with Crippen molar-refractivity contribution in [2.75, 3.05) is 0 Å². The predicted molar refractivity (Wildman–Crippen MR) is 109 cm³/mol. The Morgan fingerprint density at radius 1 is 0.893 bits per heavy atom. The van der Waals surface area contributed by atoms with E-state index in [0.717, 1.165) is 0 Å². The van der Waals surface area contributed by atoms with Crippen molar-refractivity contribution >= 4 is 20.9 Å². The molecule has 0 aliphatic heterocycles. The van der Waals surface area contributed by atoms with Crippen LogP contribution in [0.2, 0.25) is 0 Å². The van der Waals surface area contributed by atoms with Crippen LogP contribution in [0, 0.1) is 6.92 Å². The van der Waals surface area contributed by atoms with Crippen molar-refractivity contribution in [3.63, 3.8) is 0 Å². The normalized spacial score (nSPS) is 11.6. The predicted octanol–water partition coefficient (Wildman–Crippen LogP) is 3.67. The molecule has 0 atom stereocenters. The van der Waals surface area contributed by atoms with E-state index in [-0.39, 0.29) is 16.2 Å². The smallest absolute Gasteiger partial charge is 0.198 e. The first-order chi connectivity index (χ1) is 13.5. The minimum atomic E-state index is -3.80. The summed E-state index contributed by atoms with van der Waals surface area (Å²) in [4.78, 5) is 17.2. The molecule has 0 N–H and O–H groups in total. The zero-order valence-corrected chi connectivity index (χ0v) is 16.1. The lowest BCUT2D eigenvalue weighted by Crippen LogP contribution is -2.19. The van der Waals surface area contributed by atoms with Crippen molar-refractivity contribution in [2.45, 2.75) is 17.7 Å². The lowest BCUT2D eigenvalue weighted by molar-refractivity contribution is 0.588. The Kier molecular flexibility index (Phi) is 4.57. The van der Waals surface area contributed by atoms with Crippen LogP contribution in [0.5, 0.6) is 0 Å². The molecule has 0 fully saturated rings. The molecule has 0 amide bonds. The number of hydrogen-bond donors (Lipinski definition) is 0. The molecule has 6 heteroatoms. The first-order valence-electron chi connectivity index (χ1n) is 8.81. The molecule has 5 nitrogen and oxygen atoms in total. The zero-order valence-electron chi connectivity index (χ0n) is 15.2. The van der Waals surface area contributed by atoms with E-state index in [1.807, 2.05) is 31.2 Å². The Balaban J connectivity index is 2.04. The van der Waals surface area contributed by atoms with Gasteiger partial charge in [-0.1, -0.05) is 48.5 Å². The molecule has 2 aromatic carbocycles. The fourth-order valence-electron chi connectivity index (χ4n) is 3.19. The molecule has 4 aromatic rings. The van der Waals surface area contributed by atoms with Gasteiger partial charge < -0.3 is 0 Å². The van der Waals surface area contributed by atoms with Crippen LogP contribution in [0.25, 0.3) is 16.7 Å². The highest BCUT2D eigenvalue weighted by Crippen LogP contribution is 2.24. The fraction of sp³-hybridized carbons (Fsp3) is 0.0909. The van der Waals surface area contributed by atoms with Crippen molar-refractivity contribution in [1.29, 1.82) is 0 Å². The van der Waals surface area contributed by atoms with Gasteiger partial charge in [0.25, 0.3) is 0 Å². The van der Waals surface area contributed by atoms with Crippen molar-refractivity contribution in [1.82, 2.24) is 9.55 Å². The van der Waals surface area contributed by atoms with Crippen molar-refractivity contribution in [2.24, 2.45) is 0 Å². The molecule has 0 saturated carbocycles. The number of hydrogen-bond acceptors (Lipinski definition) is 4. The maximum Gasteiger partial charge on any atom is 0.198 e. The topological polar surface area (TPSA) is 69.0 Å². The molecule has 28 heavy (non-hydrogen) atoms. The lowest BCUT2D eigenvalue weighted by Gasteiger charge is -2.17. The summed E-state index contributed by atoms with van der Waals surface area (Å²) in [6.07, 6.45) is 0. The van der Waals surface area contributed by atoms with Gasteiger partial charge in [0.2, 0.25) is 0 Å². The summed E-state index contributed by atoms with van der Waals surface area (Å²) in [5.74, 6) is -0.197. The average molecular weight is 390 g/mol. The van der Waals surface area contributed by atoms with E-state index in [9.17, 15) is 13.2 Å². The van der Waals surface area contributed by atoms with Crippen LogP contribution in [-0.2, 0) is 15.6 Å². The zero-order chi connectivity index (χ0) is 19.7. The highest BCUT2D eigenvalue weighted by Gasteiger charge is 2.23. The van der Waals surface area contributed by atoms with E-state index in [2.05, 4.69) is 4.98 Å². The van der Waals surface area contributed by atoms with Crippen molar-refractivity contribution < 1.29 is 8.42 Å². The van der Waals surface area contributed by atoms with Crippen molar-refractivity contribution in [3.05, 3.63) is 100 Å². The van der Waals surface area contributed by atoms with Gasteiger partial charge >= 0.3 is 0 Å². The number of para-hydroxylation sites is 1. The molecule has 2 aromatic heterocycles. The number of aromatic nitrogens is 2. The summed E-state index contributed by atoms with van der Waals surface area (Å²) >= 11 is 0.